The fraction of sp³-hybridized carbons (Fsp3) is 0.147. The lowest BCUT2D eigenvalue weighted by atomic mass is 9.75. The number of anilines is 1. The van der Waals surface area contributed by atoms with E-state index in [2.05, 4.69) is 5.32 Å². The average Bonchev–Trinajstić information content (AvgIpc) is 3.48. The Morgan fingerprint density at radius 3 is 1.98 bits per heavy atom. The number of carbonyl (C=O) groups is 3. The molecule has 2 saturated heterocycles. The zero-order chi connectivity index (χ0) is 27.9. The van der Waals surface area contributed by atoms with Crippen LogP contribution in [0.1, 0.15) is 33.9 Å². The Hall–Kier alpha value is -4.81. The van der Waals surface area contributed by atoms with Crippen molar-refractivity contribution >= 4 is 35.6 Å². The van der Waals surface area contributed by atoms with Crippen molar-refractivity contribution in [3.63, 3.8) is 0 Å². The highest BCUT2D eigenvalue weighted by atomic mass is 16.4. The fourth-order valence-electron chi connectivity index (χ4n) is 6.10. The van der Waals surface area contributed by atoms with Crippen LogP contribution in [0.25, 0.3) is 12.2 Å². The van der Waals surface area contributed by atoms with Crippen LogP contribution < -0.4 is 10.2 Å². The fourth-order valence-corrected chi connectivity index (χ4v) is 6.10. The summed E-state index contributed by atoms with van der Waals surface area (Å²) in [6.45, 7) is 1.84. The van der Waals surface area contributed by atoms with Gasteiger partial charge in [0.25, 0.3) is 0 Å². The molecule has 4 atom stereocenters. The zero-order valence-electron chi connectivity index (χ0n) is 21.9. The van der Waals surface area contributed by atoms with Crippen LogP contribution in [0.15, 0.2) is 109 Å². The number of fused-ring (bicyclic) bond motifs is 1. The molecule has 6 rings (SSSR count). The molecule has 0 aliphatic carbocycles. The molecule has 198 valence electrons. The van der Waals surface area contributed by atoms with E-state index >= 15 is 0 Å². The number of imide groups is 1. The van der Waals surface area contributed by atoms with Crippen LogP contribution in [0, 0.1) is 18.8 Å². The van der Waals surface area contributed by atoms with E-state index in [-0.39, 0.29) is 0 Å². The standard InChI is InChI=1S/C34H28N2O4/c1-22-10-8-9-15-27(22)36-31(37)28-29(32(36)38)34(33(39)40,26-13-6-3-7-14-26)35-30(28)25-20-18-24(19-21-25)17-16-23-11-4-2-5-12-23/h2-21,28-30,35H,1H3,(H,39,40). The van der Waals surface area contributed by atoms with Gasteiger partial charge in [0.05, 0.1) is 17.5 Å². The largest absolute Gasteiger partial charge is 0.480 e. The summed E-state index contributed by atoms with van der Waals surface area (Å²) in [5.41, 5.74) is 2.71. The van der Waals surface area contributed by atoms with Gasteiger partial charge in [0.1, 0.15) is 0 Å². The van der Waals surface area contributed by atoms with Crippen molar-refractivity contribution in [2.75, 3.05) is 4.90 Å². The Kier molecular flexibility index (Phi) is 6.40. The predicted molar refractivity (Wildman–Crippen MR) is 154 cm³/mol. The molecule has 0 bridgehead atoms. The lowest BCUT2D eigenvalue weighted by Crippen LogP contribution is -2.53. The molecule has 2 aliphatic heterocycles. The molecule has 2 N–H and O–H groups in total. The minimum Gasteiger partial charge on any atom is -0.480 e. The van der Waals surface area contributed by atoms with E-state index < -0.39 is 41.2 Å². The van der Waals surface area contributed by atoms with Gasteiger partial charge in [-0.25, -0.2) is 9.69 Å². The van der Waals surface area contributed by atoms with Gasteiger partial charge in [-0.15, -0.1) is 0 Å². The number of amides is 2. The number of para-hydroxylation sites is 1. The van der Waals surface area contributed by atoms with Crippen molar-refractivity contribution in [3.8, 4) is 0 Å². The van der Waals surface area contributed by atoms with E-state index in [0.717, 1.165) is 22.3 Å². The maximum atomic E-state index is 14.1. The number of carboxylic acid groups (broad SMARTS) is 1. The SMILES string of the molecule is Cc1ccccc1N1C(=O)C2C(c3ccc(C=Cc4ccccc4)cc3)NC(C(=O)O)(c3ccccc3)C2C1=O. The second kappa shape index (κ2) is 10.1. The molecule has 2 fully saturated rings. The van der Waals surface area contributed by atoms with E-state index in [1.165, 1.54) is 4.90 Å². The smallest absolute Gasteiger partial charge is 0.329 e. The molecule has 4 aromatic rings. The number of rotatable bonds is 6. The molecule has 2 aliphatic rings. The normalized spacial score (nSPS) is 24.0. The number of aryl methyl sites for hydroxylation is 1. The highest BCUT2D eigenvalue weighted by Crippen LogP contribution is 2.54. The Morgan fingerprint density at radius 1 is 0.775 bits per heavy atom. The quantitative estimate of drug-likeness (QED) is 0.252. The first kappa shape index (κ1) is 25.5. The molecule has 6 heteroatoms. The number of carbonyl (C=O) groups excluding carboxylic acids is 2. The van der Waals surface area contributed by atoms with E-state index in [0.29, 0.717) is 11.3 Å². The summed E-state index contributed by atoms with van der Waals surface area (Å²) in [5, 5.41) is 14.0. The maximum absolute atomic E-state index is 14.1. The Bertz CT molecular complexity index is 1620. The van der Waals surface area contributed by atoms with Gasteiger partial charge >= 0.3 is 5.97 Å². The van der Waals surface area contributed by atoms with E-state index in [1.54, 1.807) is 42.5 Å². The summed E-state index contributed by atoms with van der Waals surface area (Å²) in [4.78, 5) is 42.5. The number of hydrogen-bond donors (Lipinski definition) is 2. The molecule has 2 heterocycles. The number of hydrogen-bond acceptors (Lipinski definition) is 4. The summed E-state index contributed by atoms with van der Waals surface area (Å²) in [7, 11) is 0. The number of carboxylic acids is 1. The second-order valence-corrected chi connectivity index (χ2v) is 10.3. The maximum Gasteiger partial charge on any atom is 0.329 e. The molecule has 4 aromatic carbocycles. The van der Waals surface area contributed by atoms with Gasteiger partial charge in [0, 0.05) is 6.04 Å². The monoisotopic (exact) mass is 528 g/mol. The molecular formula is C34H28N2O4. The molecule has 40 heavy (non-hydrogen) atoms. The molecule has 4 unspecified atom stereocenters. The lowest BCUT2D eigenvalue weighted by molar-refractivity contribution is -0.149. The molecule has 2 amide bonds. The number of nitrogens with zero attached hydrogens (tertiary/aromatic N) is 1. The molecular weight excluding hydrogens is 500 g/mol. The summed E-state index contributed by atoms with van der Waals surface area (Å²) in [6.07, 6.45) is 4.02. The van der Waals surface area contributed by atoms with Crippen LogP contribution >= 0.6 is 0 Å². The molecule has 0 spiro atoms. The Balaban J connectivity index is 1.44. The highest BCUT2D eigenvalue weighted by molar-refractivity contribution is 6.24. The van der Waals surface area contributed by atoms with Crippen LogP contribution in [0.2, 0.25) is 0 Å². The molecule has 0 saturated carbocycles. The molecule has 6 nitrogen and oxygen atoms in total. The summed E-state index contributed by atoms with van der Waals surface area (Å²) in [5.74, 6) is -4.11. The highest BCUT2D eigenvalue weighted by Gasteiger charge is 2.69. The number of aliphatic carboxylic acids is 1. The predicted octanol–water partition coefficient (Wildman–Crippen LogP) is 5.60. The van der Waals surface area contributed by atoms with Crippen molar-refractivity contribution in [1.82, 2.24) is 5.32 Å². The zero-order valence-corrected chi connectivity index (χ0v) is 21.9. The third kappa shape index (κ3) is 4.05. The lowest BCUT2D eigenvalue weighted by Gasteiger charge is -2.32. The molecule has 0 aromatic heterocycles. The van der Waals surface area contributed by atoms with Crippen LogP contribution in [0.5, 0.6) is 0 Å². The van der Waals surface area contributed by atoms with Crippen molar-refractivity contribution in [2.24, 2.45) is 11.8 Å². The van der Waals surface area contributed by atoms with Crippen molar-refractivity contribution in [1.29, 1.82) is 0 Å². The average molecular weight is 529 g/mol. The summed E-state index contributed by atoms with van der Waals surface area (Å²) in [6, 6.07) is 32.8. The van der Waals surface area contributed by atoms with Gasteiger partial charge in [-0.05, 0) is 40.8 Å². The Morgan fingerprint density at radius 2 is 1.35 bits per heavy atom. The minimum atomic E-state index is -1.77. The van der Waals surface area contributed by atoms with Gasteiger partial charge in [-0.1, -0.05) is 115 Å². The van der Waals surface area contributed by atoms with Crippen LogP contribution in [0.4, 0.5) is 5.69 Å². The van der Waals surface area contributed by atoms with Gasteiger partial charge in [-0.3, -0.25) is 14.9 Å². The van der Waals surface area contributed by atoms with Crippen LogP contribution in [-0.4, -0.2) is 22.9 Å². The van der Waals surface area contributed by atoms with Gasteiger partial charge in [0.15, 0.2) is 5.54 Å². The first-order chi connectivity index (χ1) is 19.4. The van der Waals surface area contributed by atoms with Crippen molar-refractivity contribution in [2.45, 2.75) is 18.5 Å². The van der Waals surface area contributed by atoms with Crippen molar-refractivity contribution < 1.29 is 19.5 Å². The third-order valence-corrected chi connectivity index (χ3v) is 8.05. The van der Waals surface area contributed by atoms with Crippen molar-refractivity contribution in [3.05, 3.63) is 137 Å². The summed E-state index contributed by atoms with van der Waals surface area (Å²) >= 11 is 0. The first-order valence-corrected chi connectivity index (χ1v) is 13.2. The van der Waals surface area contributed by atoms with Gasteiger partial charge in [0.2, 0.25) is 11.8 Å². The van der Waals surface area contributed by atoms with E-state index in [4.69, 9.17) is 0 Å². The number of nitrogens with one attached hydrogen (secondary N) is 1. The molecule has 0 radical (unpaired) electrons. The van der Waals surface area contributed by atoms with Crippen LogP contribution in [0.3, 0.4) is 0 Å². The minimum absolute atomic E-state index is 0.395. The van der Waals surface area contributed by atoms with Crippen LogP contribution in [-0.2, 0) is 19.9 Å². The second-order valence-electron chi connectivity index (χ2n) is 10.3. The number of benzene rings is 4. The first-order valence-electron chi connectivity index (χ1n) is 13.2. The van der Waals surface area contributed by atoms with E-state index in [1.807, 2.05) is 85.8 Å². The topological polar surface area (TPSA) is 86.7 Å². The van der Waals surface area contributed by atoms with Gasteiger partial charge in [-0.2, -0.15) is 0 Å². The summed E-state index contributed by atoms with van der Waals surface area (Å²) < 4.78 is 0. The third-order valence-electron chi connectivity index (χ3n) is 8.05. The van der Waals surface area contributed by atoms with Gasteiger partial charge < -0.3 is 5.11 Å². The Labute approximate surface area is 232 Å². The van der Waals surface area contributed by atoms with E-state index in [9.17, 15) is 19.5 Å².